The van der Waals surface area contributed by atoms with Gasteiger partial charge < -0.3 is 10.1 Å². The largest absolute Gasteiger partial charge is 0.383 e. The Kier molecular flexibility index (Phi) is 5.28. The average Bonchev–Trinajstić information content (AvgIpc) is 2.45. The SMILES string of the molecule is c1ccc(CCOCCNc2ccccc2)cc1. The zero-order valence-electron chi connectivity index (χ0n) is 10.5. The number of para-hydroxylation sites is 1. The van der Waals surface area contributed by atoms with Gasteiger partial charge in [-0.05, 0) is 24.1 Å². The van der Waals surface area contributed by atoms with Crippen molar-refractivity contribution in [3.05, 3.63) is 66.2 Å². The molecule has 0 saturated heterocycles. The monoisotopic (exact) mass is 241 g/mol. The van der Waals surface area contributed by atoms with Gasteiger partial charge in [-0.2, -0.15) is 0 Å². The van der Waals surface area contributed by atoms with Gasteiger partial charge in [0, 0.05) is 12.2 Å². The normalized spacial score (nSPS) is 10.2. The second-order valence-electron chi connectivity index (χ2n) is 4.14. The van der Waals surface area contributed by atoms with Gasteiger partial charge in [0.1, 0.15) is 0 Å². The van der Waals surface area contributed by atoms with Crippen molar-refractivity contribution in [2.75, 3.05) is 25.1 Å². The van der Waals surface area contributed by atoms with Crippen LogP contribution >= 0.6 is 0 Å². The summed E-state index contributed by atoms with van der Waals surface area (Å²) in [6, 6.07) is 20.6. The molecule has 0 spiro atoms. The summed E-state index contributed by atoms with van der Waals surface area (Å²) in [5, 5.41) is 3.32. The van der Waals surface area contributed by atoms with E-state index >= 15 is 0 Å². The van der Waals surface area contributed by atoms with E-state index in [9.17, 15) is 0 Å². The van der Waals surface area contributed by atoms with Gasteiger partial charge in [0.15, 0.2) is 0 Å². The minimum atomic E-state index is 0.738. The summed E-state index contributed by atoms with van der Waals surface area (Å²) in [6.45, 7) is 2.36. The summed E-state index contributed by atoms with van der Waals surface area (Å²) < 4.78 is 5.60. The van der Waals surface area contributed by atoms with Crippen LogP contribution in [0.2, 0.25) is 0 Å². The Bertz CT molecular complexity index is 384. The van der Waals surface area contributed by atoms with Crippen molar-refractivity contribution >= 4 is 5.69 Å². The van der Waals surface area contributed by atoms with Crippen LogP contribution in [0.25, 0.3) is 0 Å². The Morgan fingerprint density at radius 3 is 2.17 bits per heavy atom. The Morgan fingerprint density at radius 1 is 0.778 bits per heavy atom. The highest BCUT2D eigenvalue weighted by Gasteiger charge is 1.93. The van der Waals surface area contributed by atoms with Crippen molar-refractivity contribution in [3.63, 3.8) is 0 Å². The average molecular weight is 241 g/mol. The summed E-state index contributed by atoms with van der Waals surface area (Å²) in [7, 11) is 0. The van der Waals surface area contributed by atoms with Crippen LogP contribution in [0.15, 0.2) is 60.7 Å². The van der Waals surface area contributed by atoms with Gasteiger partial charge in [-0.3, -0.25) is 0 Å². The van der Waals surface area contributed by atoms with E-state index in [-0.39, 0.29) is 0 Å². The third-order valence-electron chi connectivity index (χ3n) is 2.73. The zero-order valence-corrected chi connectivity index (χ0v) is 10.5. The molecule has 0 saturated carbocycles. The predicted molar refractivity (Wildman–Crippen MR) is 75.9 cm³/mol. The molecule has 0 atom stereocenters. The molecule has 2 heteroatoms. The summed E-state index contributed by atoms with van der Waals surface area (Å²) >= 11 is 0. The topological polar surface area (TPSA) is 21.3 Å². The fourth-order valence-corrected chi connectivity index (χ4v) is 1.76. The van der Waals surface area contributed by atoms with Crippen LogP contribution in [0.5, 0.6) is 0 Å². The molecule has 2 rings (SSSR count). The Balaban J connectivity index is 1.54. The van der Waals surface area contributed by atoms with Crippen molar-refractivity contribution in [3.8, 4) is 0 Å². The van der Waals surface area contributed by atoms with Crippen molar-refractivity contribution in [2.24, 2.45) is 0 Å². The number of hydrogen-bond acceptors (Lipinski definition) is 2. The third-order valence-corrected chi connectivity index (χ3v) is 2.73. The van der Waals surface area contributed by atoms with E-state index in [0.29, 0.717) is 0 Å². The quantitative estimate of drug-likeness (QED) is 0.750. The molecule has 0 aliphatic heterocycles. The Labute approximate surface area is 109 Å². The van der Waals surface area contributed by atoms with E-state index in [1.165, 1.54) is 5.56 Å². The molecule has 0 fully saturated rings. The predicted octanol–water partition coefficient (Wildman–Crippen LogP) is 3.36. The van der Waals surface area contributed by atoms with E-state index in [1.807, 2.05) is 24.3 Å². The maximum Gasteiger partial charge on any atom is 0.0639 e. The lowest BCUT2D eigenvalue weighted by atomic mass is 10.2. The second-order valence-corrected chi connectivity index (χ2v) is 4.14. The van der Waals surface area contributed by atoms with Crippen molar-refractivity contribution in [1.82, 2.24) is 0 Å². The lowest BCUT2D eigenvalue weighted by molar-refractivity contribution is 0.147. The molecule has 2 aromatic rings. The molecule has 0 bridgehead atoms. The van der Waals surface area contributed by atoms with Gasteiger partial charge in [-0.25, -0.2) is 0 Å². The molecule has 0 aliphatic carbocycles. The van der Waals surface area contributed by atoms with Crippen molar-refractivity contribution in [2.45, 2.75) is 6.42 Å². The number of benzene rings is 2. The van der Waals surface area contributed by atoms with Gasteiger partial charge in [0.2, 0.25) is 0 Å². The minimum Gasteiger partial charge on any atom is -0.383 e. The maximum absolute atomic E-state index is 5.60. The summed E-state index contributed by atoms with van der Waals surface area (Å²) in [4.78, 5) is 0. The fourth-order valence-electron chi connectivity index (χ4n) is 1.76. The minimum absolute atomic E-state index is 0.738. The maximum atomic E-state index is 5.60. The molecule has 1 N–H and O–H groups in total. The van der Waals surface area contributed by atoms with Gasteiger partial charge in [-0.1, -0.05) is 48.5 Å². The first-order chi connectivity index (χ1) is 8.95. The molecule has 0 radical (unpaired) electrons. The van der Waals surface area contributed by atoms with Gasteiger partial charge >= 0.3 is 0 Å². The molecule has 0 aliphatic rings. The number of ether oxygens (including phenoxy) is 1. The highest BCUT2D eigenvalue weighted by Crippen LogP contribution is 2.04. The molecule has 2 nitrogen and oxygen atoms in total. The molecular formula is C16H19NO. The van der Waals surface area contributed by atoms with E-state index in [2.05, 4.69) is 41.7 Å². The van der Waals surface area contributed by atoms with Crippen LogP contribution in [0, 0.1) is 0 Å². The van der Waals surface area contributed by atoms with Crippen LogP contribution in [0.3, 0.4) is 0 Å². The van der Waals surface area contributed by atoms with Crippen LogP contribution in [0.4, 0.5) is 5.69 Å². The van der Waals surface area contributed by atoms with Crippen LogP contribution < -0.4 is 5.32 Å². The molecule has 94 valence electrons. The van der Waals surface area contributed by atoms with Gasteiger partial charge in [0.25, 0.3) is 0 Å². The molecule has 0 unspecified atom stereocenters. The lowest BCUT2D eigenvalue weighted by Gasteiger charge is -2.07. The number of nitrogens with one attached hydrogen (secondary N) is 1. The highest BCUT2D eigenvalue weighted by molar-refractivity contribution is 5.42. The smallest absolute Gasteiger partial charge is 0.0639 e. The third kappa shape index (κ3) is 4.60. The molecule has 0 amide bonds. The summed E-state index contributed by atoms with van der Waals surface area (Å²) in [5.41, 5.74) is 2.47. The fraction of sp³-hybridized carbons (Fsp3) is 0.250. The standard InChI is InChI=1S/C16H19NO/c1-3-7-15(8-4-1)11-13-18-14-12-17-16-9-5-2-6-10-16/h1-10,17H,11-14H2. The first-order valence-corrected chi connectivity index (χ1v) is 6.36. The van der Waals surface area contributed by atoms with Crippen molar-refractivity contribution in [1.29, 1.82) is 0 Å². The van der Waals surface area contributed by atoms with Crippen LogP contribution in [-0.4, -0.2) is 19.8 Å². The van der Waals surface area contributed by atoms with E-state index < -0.39 is 0 Å². The van der Waals surface area contributed by atoms with Gasteiger partial charge in [-0.15, -0.1) is 0 Å². The van der Waals surface area contributed by atoms with Crippen molar-refractivity contribution < 1.29 is 4.74 Å². The Morgan fingerprint density at radius 2 is 1.44 bits per heavy atom. The Hall–Kier alpha value is -1.80. The van der Waals surface area contributed by atoms with Crippen LogP contribution in [-0.2, 0) is 11.2 Å². The molecule has 18 heavy (non-hydrogen) atoms. The number of rotatable bonds is 7. The lowest BCUT2D eigenvalue weighted by Crippen LogP contribution is -2.10. The first-order valence-electron chi connectivity index (χ1n) is 6.36. The molecule has 0 heterocycles. The number of hydrogen-bond donors (Lipinski definition) is 1. The van der Waals surface area contributed by atoms with Crippen LogP contribution in [0.1, 0.15) is 5.56 Å². The highest BCUT2D eigenvalue weighted by atomic mass is 16.5. The second kappa shape index (κ2) is 7.51. The van der Waals surface area contributed by atoms with Gasteiger partial charge in [0.05, 0.1) is 13.2 Å². The first kappa shape index (κ1) is 12.7. The molecule has 2 aromatic carbocycles. The zero-order chi connectivity index (χ0) is 12.5. The van der Waals surface area contributed by atoms with E-state index in [0.717, 1.165) is 31.9 Å². The molecular weight excluding hydrogens is 222 g/mol. The summed E-state index contributed by atoms with van der Waals surface area (Å²) in [6.07, 6.45) is 0.978. The van der Waals surface area contributed by atoms with E-state index in [4.69, 9.17) is 4.74 Å². The van der Waals surface area contributed by atoms with E-state index in [1.54, 1.807) is 0 Å². The number of anilines is 1. The summed E-state index contributed by atoms with van der Waals surface area (Å²) in [5.74, 6) is 0. The molecule has 0 aromatic heterocycles.